The molecule has 244 valence electrons. The van der Waals surface area contributed by atoms with E-state index in [0.29, 0.717) is 12.0 Å². The molecule has 9 atom stereocenters. The van der Waals surface area contributed by atoms with E-state index >= 15 is 0 Å². The van der Waals surface area contributed by atoms with Gasteiger partial charge < -0.3 is 33.9 Å². The lowest BCUT2D eigenvalue weighted by atomic mass is 9.75. The highest BCUT2D eigenvalue weighted by atomic mass is 16.6. The number of hydrogen-bond donors (Lipinski definition) is 2. The highest BCUT2D eigenvalue weighted by Crippen LogP contribution is 2.57. The first kappa shape index (κ1) is 35.0. The van der Waals surface area contributed by atoms with Crippen LogP contribution in [0.5, 0.6) is 0 Å². The van der Waals surface area contributed by atoms with Crippen LogP contribution in [0.3, 0.4) is 0 Å². The molecule has 2 fully saturated rings. The van der Waals surface area contributed by atoms with Crippen LogP contribution in [-0.2, 0) is 47.7 Å². The Morgan fingerprint density at radius 1 is 1.07 bits per heavy atom. The maximum Gasteiger partial charge on any atom is 0.341 e. The lowest BCUT2D eigenvalue weighted by Crippen LogP contribution is -2.64. The molecule has 0 bridgehead atoms. The van der Waals surface area contributed by atoms with Crippen molar-refractivity contribution in [3.05, 3.63) is 34.4 Å². The number of aliphatic hydroxyl groups is 2. The molecule has 44 heavy (non-hydrogen) atoms. The molecule has 0 aromatic rings. The summed E-state index contributed by atoms with van der Waals surface area (Å²) in [6, 6.07) is 0. The van der Waals surface area contributed by atoms with Gasteiger partial charge in [0.25, 0.3) is 0 Å². The predicted molar refractivity (Wildman–Crippen MR) is 154 cm³/mol. The van der Waals surface area contributed by atoms with Crippen LogP contribution in [0.25, 0.3) is 0 Å². The lowest BCUT2D eigenvalue weighted by Gasteiger charge is -2.42. The highest BCUT2D eigenvalue weighted by molar-refractivity contribution is 5.88. The van der Waals surface area contributed by atoms with E-state index in [1.54, 1.807) is 41.5 Å². The fraction of sp³-hybridized carbons (Fsp3) is 0.656. The number of ether oxygens (including phenoxy) is 5. The van der Waals surface area contributed by atoms with Crippen LogP contribution in [0.1, 0.15) is 82.1 Å². The van der Waals surface area contributed by atoms with Crippen molar-refractivity contribution < 1.29 is 57.9 Å². The van der Waals surface area contributed by atoms with Crippen LogP contribution in [0.15, 0.2) is 34.4 Å². The van der Waals surface area contributed by atoms with Crippen molar-refractivity contribution in [1.29, 1.82) is 0 Å². The number of allylic oxidation sites excluding steroid dienone is 2. The van der Waals surface area contributed by atoms with E-state index in [1.165, 1.54) is 26.0 Å². The average molecular weight is 621 g/mol. The van der Waals surface area contributed by atoms with Crippen LogP contribution in [-0.4, -0.2) is 81.3 Å². The Morgan fingerprint density at radius 2 is 1.68 bits per heavy atom. The first-order chi connectivity index (χ1) is 20.3. The summed E-state index contributed by atoms with van der Waals surface area (Å²) in [5.41, 5.74) is -5.67. The van der Waals surface area contributed by atoms with E-state index in [4.69, 9.17) is 23.7 Å². The zero-order valence-corrected chi connectivity index (χ0v) is 27.0. The second-order valence-electron chi connectivity index (χ2n) is 12.6. The minimum Gasteiger partial charge on any atom is -0.459 e. The molecule has 1 heterocycles. The summed E-state index contributed by atoms with van der Waals surface area (Å²) in [5.74, 6) is -5.96. The molecule has 0 radical (unpaired) electrons. The van der Waals surface area contributed by atoms with Gasteiger partial charge in [-0.15, -0.1) is 0 Å². The van der Waals surface area contributed by atoms with Gasteiger partial charge in [0, 0.05) is 25.0 Å². The van der Waals surface area contributed by atoms with E-state index in [1.807, 2.05) is 0 Å². The van der Waals surface area contributed by atoms with Crippen LogP contribution < -0.4 is 0 Å². The average Bonchev–Trinajstić information content (AvgIpc) is 3.25. The second kappa shape index (κ2) is 12.5. The number of carbonyl (C=O) groups is 5. The summed E-state index contributed by atoms with van der Waals surface area (Å²) in [5, 5.41) is 23.9. The molecule has 0 aromatic carbocycles. The summed E-state index contributed by atoms with van der Waals surface area (Å²) < 4.78 is 29.1. The summed E-state index contributed by atoms with van der Waals surface area (Å²) in [7, 11) is 0. The second-order valence-corrected chi connectivity index (χ2v) is 12.6. The molecule has 12 heteroatoms. The van der Waals surface area contributed by atoms with E-state index in [-0.39, 0.29) is 16.7 Å². The molecular weight excluding hydrogens is 576 g/mol. The maximum absolute atomic E-state index is 13.1. The third-order valence-corrected chi connectivity index (χ3v) is 8.97. The third kappa shape index (κ3) is 5.93. The molecule has 1 saturated carbocycles. The fourth-order valence-corrected chi connectivity index (χ4v) is 6.22. The molecule has 3 aliphatic rings. The maximum atomic E-state index is 13.1. The van der Waals surface area contributed by atoms with Crippen molar-refractivity contribution in [1.82, 2.24) is 0 Å². The molecule has 3 rings (SSSR count). The van der Waals surface area contributed by atoms with Gasteiger partial charge in [-0.1, -0.05) is 25.5 Å². The largest absolute Gasteiger partial charge is 0.459 e. The summed E-state index contributed by atoms with van der Waals surface area (Å²) in [4.78, 5) is 64.9. The van der Waals surface area contributed by atoms with E-state index in [9.17, 15) is 34.2 Å². The Hall–Kier alpha value is -3.51. The van der Waals surface area contributed by atoms with Crippen LogP contribution in [0.4, 0.5) is 0 Å². The van der Waals surface area contributed by atoms with Gasteiger partial charge in [-0.25, -0.2) is 14.4 Å². The highest BCUT2D eigenvalue weighted by Gasteiger charge is 2.76. The third-order valence-electron chi connectivity index (χ3n) is 8.97. The van der Waals surface area contributed by atoms with Crippen molar-refractivity contribution in [2.24, 2.45) is 11.8 Å². The Morgan fingerprint density at radius 3 is 2.20 bits per heavy atom. The van der Waals surface area contributed by atoms with Gasteiger partial charge in [0.05, 0.1) is 11.8 Å². The predicted octanol–water partition coefficient (Wildman–Crippen LogP) is 2.78. The number of hydrogen-bond acceptors (Lipinski definition) is 12. The summed E-state index contributed by atoms with van der Waals surface area (Å²) in [6.45, 7) is 15.2. The molecule has 2 aliphatic carbocycles. The summed E-state index contributed by atoms with van der Waals surface area (Å²) in [6.07, 6.45) is -3.19. The molecule has 12 nitrogen and oxygen atoms in total. The minimum atomic E-state index is -2.60. The number of esters is 5. The Kier molecular flexibility index (Phi) is 9.91. The molecule has 2 N–H and O–H groups in total. The van der Waals surface area contributed by atoms with Crippen molar-refractivity contribution >= 4 is 29.8 Å². The fourth-order valence-electron chi connectivity index (χ4n) is 6.22. The van der Waals surface area contributed by atoms with Crippen molar-refractivity contribution in [2.75, 3.05) is 0 Å². The topological polar surface area (TPSA) is 172 Å². The number of rotatable bonds is 8. The van der Waals surface area contributed by atoms with Gasteiger partial charge in [0.15, 0.2) is 29.5 Å². The first-order valence-corrected chi connectivity index (χ1v) is 14.7. The molecule has 1 aliphatic heterocycles. The van der Waals surface area contributed by atoms with E-state index < -0.39 is 89.3 Å². The molecule has 0 aromatic heterocycles. The van der Waals surface area contributed by atoms with E-state index in [0.717, 1.165) is 13.8 Å². The minimum absolute atomic E-state index is 0.107. The van der Waals surface area contributed by atoms with Crippen LogP contribution in [0, 0.1) is 11.8 Å². The summed E-state index contributed by atoms with van der Waals surface area (Å²) >= 11 is 0. The SMILES string of the molecule is C/C=C(/C)C(=O)O[C@H]1C(C)=C2[C@H]([C@@H]1OC(=O)C=C(C)C)[C@@](C)(OC(C)=O)C[C@H](OC(=O)[C@@H](C)CC)[C@@]1(O)[C@H]2OC(=O)[C@@]1(C)O. The first-order valence-electron chi connectivity index (χ1n) is 14.7. The van der Waals surface area contributed by atoms with Gasteiger partial charge >= 0.3 is 29.8 Å². The standard InChI is InChI=1S/C32H44O12/c1-11-16(5)27(35)40-20-14-30(9,44-19(8)33)23-22(26-32(20,39)31(10,38)29(37)43-26)18(7)24(42-28(36)17(6)12-2)25(23)41-21(34)13-15(3)4/h12-13,16,20,23-26,38-39H,11,14H2,1-10H3/b17-12-/t16-,20-,23+,24-,25-,26-,30-,31+,32+/m0/s1. The van der Waals surface area contributed by atoms with Gasteiger partial charge in [-0.2, -0.15) is 0 Å². The number of carbonyl (C=O) groups excluding carboxylic acids is 5. The molecule has 1 saturated heterocycles. The molecule has 0 spiro atoms. The van der Waals surface area contributed by atoms with E-state index in [2.05, 4.69) is 0 Å². The smallest absolute Gasteiger partial charge is 0.341 e. The van der Waals surface area contributed by atoms with Gasteiger partial charge in [0.2, 0.25) is 0 Å². The molecule has 0 amide bonds. The van der Waals surface area contributed by atoms with Crippen LogP contribution >= 0.6 is 0 Å². The van der Waals surface area contributed by atoms with Crippen molar-refractivity contribution in [2.45, 2.75) is 123 Å². The van der Waals surface area contributed by atoms with Crippen molar-refractivity contribution in [3.8, 4) is 0 Å². The monoisotopic (exact) mass is 620 g/mol. The van der Waals surface area contributed by atoms with Gasteiger partial charge in [-0.05, 0) is 66.0 Å². The zero-order valence-electron chi connectivity index (χ0n) is 27.0. The van der Waals surface area contributed by atoms with Crippen molar-refractivity contribution in [3.63, 3.8) is 0 Å². The Bertz CT molecular complexity index is 1320. The zero-order chi connectivity index (χ0) is 33.5. The Balaban J connectivity index is 2.37. The lowest BCUT2D eigenvalue weighted by molar-refractivity contribution is -0.213. The van der Waals surface area contributed by atoms with Gasteiger partial charge in [-0.3, -0.25) is 9.59 Å². The molecule has 0 unspecified atom stereocenters. The number of fused-ring (bicyclic) bond motifs is 3. The molecular formula is C32H44O12. The quantitative estimate of drug-likeness (QED) is 0.176. The van der Waals surface area contributed by atoms with Gasteiger partial charge in [0.1, 0.15) is 11.7 Å². The Labute approximate surface area is 257 Å². The normalized spacial score (nSPS) is 35.4. The van der Waals surface area contributed by atoms with Crippen LogP contribution in [0.2, 0.25) is 0 Å².